The topological polar surface area (TPSA) is 3.24 Å². The third-order valence-electron chi connectivity index (χ3n) is 9.21. The largest absolute Gasteiger partial charge is 0.310 e. The standard InChI is InChI=1S/C44H29N/c1-2-9-30(10-3-1)31-19-24-36(25-20-31)45(37-26-21-34-18-17-32-11-5-7-15-39(32)42(34)29-37)43-16-8-13-35-23-27-40-38-14-6-4-12-33(38)22-28-41(40)44(35)43/h1-29H. The smallest absolute Gasteiger partial charge is 0.0546 e. The van der Waals surface area contributed by atoms with Crippen LogP contribution in [-0.4, -0.2) is 0 Å². The summed E-state index contributed by atoms with van der Waals surface area (Å²) >= 11 is 0. The van der Waals surface area contributed by atoms with Crippen LogP contribution in [0.5, 0.6) is 0 Å². The molecule has 0 bridgehead atoms. The number of fused-ring (bicyclic) bond motifs is 8. The summed E-state index contributed by atoms with van der Waals surface area (Å²) in [4.78, 5) is 2.44. The number of rotatable bonds is 4. The fourth-order valence-corrected chi connectivity index (χ4v) is 7.03. The van der Waals surface area contributed by atoms with Gasteiger partial charge in [-0.15, -0.1) is 0 Å². The monoisotopic (exact) mass is 571 g/mol. The number of benzene rings is 9. The van der Waals surface area contributed by atoms with Gasteiger partial charge in [-0.3, -0.25) is 0 Å². The van der Waals surface area contributed by atoms with Gasteiger partial charge in [0.05, 0.1) is 5.69 Å². The quantitative estimate of drug-likeness (QED) is 0.190. The van der Waals surface area contributed by atoms with Gasteiger partial charge in [-0.25, -0.2) is 0 Å². The SMILES string of the molecule is c1ccc(-c2ccc(N(c3ccc4ccc5ccccc5c4c3)c3cccc4ccc5c6ccccc6ccc5c34)cc2)cc1. The summed E-state index contributed by atoms with van der Waals surface area (Å²) < 4.78 is 0. The molecule has 1 nitrogen and oxygen atoms in total. The molecule has 0 unspecified atom stereocenters. The van der Waals surface area contributed by atoms with E-state index in [0.29, 0.717) is 0 Å². The van der Waals surface area contributed by atoms with Crippen LogP contribution >= 0.6 is 0 Å². The molecule has 9 rings (SSSR count). The molecule has 0 atom stereocenters. The Bertz CT molecular complexity index is 2530. The van der Waals surface area contributed by atoms with Crippen molar-refractivity contribution in [3.05, 3.63) is 176 Å². The number of anilines is 3. The van der Waals surface area contributed by atoms with Crippen molar-refractivity contribution in [3.8, 4) is 11.1 Å². The van der Waals surface area contributed by atoms with Gasteiger partial charge < -0.3 is 4.90 Å². The second-order valence-electron chi connectivity index (χ2n) is 11.8. The fourth-order valence-electron chi connectivity index (χ4n) is 7.03. The second-order valence-corrected chi connectivity index (χ2v) is 11.8. The predicted molar refractivity (Wildman–Crippen MR) is 194 cm³/mol. The third kappa shape index (κ3) is 4.24. The van der Waals surface area contributed by atoms with E-state index in [-0.39, 0.29) is 0 Å². The van der Waals surface area contributed by atoms with Crippen molar-refractivity contribution < 1.29 is 0 Å². The lowest BCUT2D eigenvalue weighted by molar-refractivity contribution is 1.31. The lowest BCUT2D eigenvalue weighted by Gasteiger charge is -2.28. The highest BCUT2D eigenvalue weighted by atomic mass is 15.1. The van der Waals surface area contributed by atoms with E-state index in [4.69, 9.17) is 0 Å². The molecule has 0 fully saturated rings. The van der Waals surface area contributed by atoms with E-state index < -0.39 is 0 Å². The number of nitrogens with zero attached hydrogens (tertiary/aromatic N) is 1. The van der Waals surface area contributed by atoms with Gasteiger partial charge in [-0.2, -0.15) is 0 Å². The first-order chi connectivity index (χ1) is 22.3. The molecule has 0 amide bonds. The maximum Gasteiger partial charge on any atom is 0.0546 e. The minimum atomic E-state index is 1.12. The average molecular weight is 572 g/mol. The van der Waals surface area contributed by atoms with Crippen LogP contribution in [0.1, 0.15) is 0 Å². The number of hydrogen-bond donors (Lipinski definition) is 0. The molecule has 0 aliphatic rings. The Morgan fingerprint density at radius 2 is 0.822 bits per heavy atom. The molecule has 9 aromatic carbocycles. The highest BCUT2D eigenvalue weighted by molar-refractivity contribution is 6.21. The van der Waals surface area contributed by atoms with Crippen LogP contribution in [0.15, 0.2) is 176 Å². The zero-order chi connectivity index (χ0) is 29.7. The normalized spacial score (nSPS) is 11.6. The molecule has 9 aromatic rings. The van der Waals surface area contributed by atoms with Gasteiger partial charge in [-0.1, -0.05) is 146 Å². The van der Waals surface area contributed by atoms with E-state index in [1.165, 1.54) is 70.7 Å². The van der Waals surface area contributed by atoms with E-state index in [1.807, 2.05) is 0 Å². The Kier molecular flexibility index (Phi) is 5.89. The first-order valence-electron chi connectivity index (χ1n) is 15.5. The summed E-state index contributed by atoms with van der Waals surface area (Å²) in [6, 6.07) is 64.1. The number of hydrogen-bond acceptors (Lipinski definition) is 1. The van der Waals surface area contributed by atoms with Crippen molar-refractivity contribution in [2.75, 3.05) is 4.90 Å². The van der Waals surface area contributed by atoms with Gasteiger partial charge in [0.25, 0.3) is 0 Å². The molecule has 0 N–H and O–H groups in total. The maximum atomic E-state index is 2.44. The molecule has 1 heteroatoms. The molecule has 0 heterocycles. The zero-order valence-corrected chi connectivity index (χ0v) is 24.7. The van der Waals surface area contributed by atoms with Crippen molar-refractivity contribution >= 4 is 70.9 Å². The Morgan fingerprint density at radius 1 is 0.289 bits per heavy atom. The highest BCUT2D eigenvalue weighted by Gasteiger charge is 2.18. The molecule has 0 spiro atoms. The van der Waals surface area contributed by atoms with E-state index in [2.05, 4.69) is 181 Å². The Labute approximate surface area is 262 Å². The second kappa shape index (κ2) is 10.4. The fraction of sp³-hybridized carbons (Fsp3) is 0. The van der Waals surface area contributed by atoms with Crippen molar-refractivity contribution in [1.82, 2.24) is 0 Å². The first-order valence-corrected chi connectivity index (χ1v) is 15.5. The minimum absolute atomic E-state index is 1.12. The van der Waals surface area contributed by atoms with Crippen molar-refractivity contribution in [2.24, 2.45) is 0 Å². The molecule has 0 aliphatic heterocycles. The molecule has 0 radical (unpaired) electrons. The van der Waals surface area contributed by atoms with Crippen molar-refractivity contribution in [2.45, 2.75) is 0 Å². The molecular formula is C44H29N. The zero-order valence-electron chi connectivity index (χ0n) is 24.7. The summed E-state index contributed by atoms with van der Waals surface area (Å²) in [5.74, 6) is 0. The Balaban J connectivity index is 1.33. The maximum absolute atomic E-state index is 2.44. The van der Waals surface area contributed by atoms with Crippen LogP contribution < -0.4 is 4.90 Å². The van der Waals surface area contributed by atoms with Crippen molar-refractivity contribution in [3.63, 3.8) is 0 Å². The van der Waals surface area contributed by atoms with E-state index in [0.717, 1.165) is 11.4 Å². The summed E-state index contributed by atoms with van der Waals surface area (Å²) in [5.41, 5.74) is 5.85. The lowest BCUT2D eigenvalue weighted by atomic mass is 9.95. The van der Waals surface area contributed by atoms with Crippen LogP contribution in [0, 0.1) is 0 Å². The van der Waals surface area contributed by atoms with Gasteiger partial charge in [0, 0.05) is 16.8 Å². The lowest BCUT2D eigenvalue weighted by Crippen LogP contribution is -2.10. The average Bonchev–Trinajstić information content (AvgIpc) is 3.12. The summed E-state index contributed by atoms with van der Waals surface area (Å²) in [5, 5.41) is 12.6. The first kappa shape index (κ1) is 25.6. The van der Waals surface area contributed by atoms with E-state index in [9.17, 15) is 0 Å². The van der Waals surface area contributed by atoms with Gasteiger partial charge in [0.2, 0.25) is 0 Å². The molecular weight excluding hydrogens is 542 g/mol. The van der Waals surface area contributed by atoms with Gasteiger partial charge in [0.1, 0.15) is 0 Å². The van der Waals surface area contributed by atoms with Crippen LogP contribution in [0.3, 0.4) is 0 Å². The molecule has 0 aromatic heterocycles. The molecule has 0 saturated carbocycles. The molecule has 210 valence electrons. The molecule has 0 saturated heterocycles. The van der Waals surface area contributed by atoms with Crippen LogP contribution in [0.2, 0.25) is 0 Å². The van der Waals surface area contributed by atoms with Crippen molar-refractivity contribution in [1.29, 1.82) is 0 Å². The van der Waals surface area contributed by atoms with Gasteiger partial charge >= 0.3 is 0 Å². The predicted octanol–water partition coefficient (Wildman–Crippen LogP) is 12.6. The highest BCUT2D eigenvalue weighted by Crippen LogP contribution is 2.44. The third-order valence-corrected chi connectivity index (χ3v) is 9.21. The van der Waals surface area contributed by atoms with E-state index in [1.54, 1.807) is 0 Å². The Morgan fingerprint density at radius 3 is 1.60 bits per heavy atom. The Hall–Kier alpha value is -5.92. The van der Waals surface area contributed by atoms with Gasteiger partial charge in [-0.05, 0) is 89.9 Å². The van der Waals surface area contributed by atoms with Crippen LogP contribution in [-0.2, 0) is 0 Å². The molecule has 45 heavy (non-hydrogen) atoms. The van der Waals surface area contributed by atoms with Crippen LogP contribution in [0.4, 0.5) is 17.1 Å². The van der Waals surface area contributed by atoms with E-state index >= 15 is 0 Å². The summed E-state index contributed by atoms with van der Waals surface area (Å²) in [6.45, 7) is 0. The summed E-state index contributed by atoms with van der Waals surface area (Å²) in [7, 11) is 0. The van der Waals surface area contributed by atoms with Crippen LogP contribution in [0.25, 0.3) is 65.0 Å². The summed E-state index contributed by atoms with van der Waals surface area (Å²) in [6.07, 6.45) is 0. The minimum Gasteiger partial charge on any atom is -0.310 e. The van der Waals surface area contributed by atoms with Gasteiger partial charge in [0.15, 0.2) is 0 Å². The molecule has 0 aliphatic carbocycles.